The number of rotatable bonds is 3. The Labute approximate surface area is 130 Å². The van der Waals surface area contributed by atoms with Crippen LogP contribution >= 0.6 is 0 Å². The summed E-state index contributed by atoms with van der Waals surface area (Å²) in [6, 6.07) is 1.87. The van der Waals surface area contributed by atoms with Crippen LogP contribution in [-0.4, -0.2) is 34.3 Å². The van der Waals surface area contributed by atoms with Crippen molar-refractivity contribution in [1.82, 2.24) is 10.1 Å². The maximum Gasteiger partial charge on any atom is 0.276 e. The predicted molar refractivity (Wildman–Crippen MR) is 79.5 cm³/mol. The molecular formula is C17H22N2O3. The lowest BCUT2D eigenvalue weighted by Gasteiger charge is -2.32. The summed E-state index contributed by atoms with van der Waals surface area (Å²) in [5.74, 6) is 1.62. The van der Waals surface area contributed by atoms with Crippen molar-refractivity contribution in [3.63, 3.8) is 0 Å². The molecule has 22 heavy (non-hydrogen) atoms. The second-order valence-electron chi connectivity index (χ2n) is 6.92. The smallest absolute Gasteiger partial charge is 0.276 e. The molecule has 0 unspecified atom stereocenters. The molecule has 2 aliphatic carbocycles. The van der Waals surface area contributed by atoms with Crippen molar-refractivity contribution in [2.75, 3.05) is 6.54 Å². The molecule has 118 valence electrons. The van der Waals surface area contributed by atoms with Gasteiger partial charge in [-0.1, -0.05) is 11.6 Å². The van der Waals surface area contributed by atoms with Gasteiger partial charge in [0.25, 0.3) is 5.91 Å². The molecule has 2 heterocycles. The molecule has 3 fully saturated rings. The first-order chi connectivity index (χ1) is 10.7. The first kappa shape index (κ1) is 14.0. The number of carbonyl (C=O) groups excluding carboxylic acids is 2. The molecule has 0 N–H and O–H groups in total. The summed E-state index contributed by atoms with van der Waals surface area (Å²) < 4.78 is 5.31. The number of nitrogens with zero attached hydrogens (tertiary/aromatic N) is 2. The Hall–Kier alpha value is -1.65. The topological polar surface area (TPSA) is 63.4 Å². The zero-order chi connectivity index (χ0) is 15.1. The van der Waals surface area contributed by atoms with Crippen molar-refractivity contribution in [3.05, 3.63) is 17.5 Å². The third-order valence-electron chi connectivity index (χ3n) is 5.35. The number of Topliss-reactive ketones (excluding diaryl/α,β-unsaturated/α-hetero) is 1. The van der Waals surface area contributed by atoms with E-state index in [2.05, 4.69) is 5.16 Å². The van der Waals surface area contributed by atoms with Crippen LogP contribution in [0.5, 0.6) is 0 Å². The van der Waals surface area contributed by atoms with Crippen LogP contribution in [0.4, 0.5) is 0 Å². The van der Waals surface area contributed by atoms with Gasteiger partial charge < -0.3 is 9.42 Å². The van der Waals surface area contributed by atoms with Crippen molar-refractivity contribution in [2.24, 2.45) is 5.92 Å². The molecule has 2 atom stereocenters. The molecule has 0 bridgehead atoms. The molecule has 1 amide bonds. The summed E-state index contributed by atoms with van der Waals surface area (Å²) in [7, 11) is 0. The van der Waals surface area contributed by atoms with Crippen molar-refractivity contribution in [2.45, 2.75) is 63.3 Å². The molecule has 0 radical (unpaired) electrons. The van der Waals surface area contributed by atoms with Gasteiger partial charge in [0, 0.05) is 36.9 Å². The zero-order valence-corrected chi connectivity index (χ0v) is 12.8. The molecule has 0 spiro atoms. The Balaban J connectivity index is 1.51. The maximum absolute atomic E-state index is 12.8. The molecule has 5 nitrogen and oxygen atoms in total. The number of likely N-dealkylation sites (tertiary alicyclic amines) is 1. The number of ketones is 1. The normalized spacial score (nSPS) is 29.1. The summed E-state index contributed by atoms with van der Waals surface area (Å²) in [5.41, 5.74) is 0.414. The Morgan fingerprint density at radius 1 is 1.18 bits per heavy atom. The number of hydrogen-bond acceptors (Lipinski definition) is 4. The van der Waals surface area contributed by atoms with Crippen LogP contribution in [0.25, 0.3) is 0 Å². The van der Waals surface area contributed by atoms with E-state index in [1.54, 1.807) is 6.07 Å². The van der Waals surface area contributed by atoms with Crippen LogP contribution < -0.4 is 0 Å². The minimum Gasteiger partial charge on any atom is -0.360 e. The van der Waals surface area contributed by atoms with Gasteiger partial charge in [0.05, 0.1) is 0 Å². The van der Waals surface area contributed by atoms with Crippen molar-refractivity contribution < 1.29 is 14.1 Å². The zero-order valence-electron chi connectivity index (χ0n) is 12.8. The van der Waals surface area contributed by atoms with Gasteiger partial charge in [-0.2, -0.15) is 0 Å². The summed E-state index contributed by atoms with van der Waals surface area (Å²) in [6.45, 7) is 0.735. The average Bonchev–Trinajstić information content (AvgIpc) is 3.08. The molecule has 3 aliphatic rings. The summed E-state index contributed by atoms with van der Waals surface area (Å²) in [6.07, 6.45) is 7.90. The van der Waals surface area contributed by atoms with Gasteiger partial charge in [-0.05, 0) is 38.5 Å². The first-order valence-electron chi connectivity index (χ1n) is 8.54. The van der Waals surface area contributed by atoms with Gasteiger partial charge in [-0.15, -0.1) is 0 Å². The van der Waals surface area contributed by atoms with E-state index in [-0.39, 0.29) is 17.9 Å². The predicted octanol–water partition coefficient (Wildman–Crippen LogP) is 2.92. The summed E-state index contributed by atoms with van der Waals surface area (Å²) >= 11 is 0. The van der Waals surface area contributed by atoms with Gasteiger partial charge in [0.1, 0.15) is 11.5 Å². The van der Waals surface area contributed by atoms with Crippen molar-refractivity contribution in [1.29, 1.82) is 0 Å². The highest BCUT2D eigenvalue weighted by molar-refractivity contribution is 5.93. The van der Waals surface area contributed by atoms with Gasteiger partial charge in [0.15, 0.2) is 5.69 Å². The van der Waals surface area contributed by atoms with E-state index < -0.39 is 0 Å². The van der Waals surface area contributed by atoms with E-state index in [0.717, 1.165) is 57.3 Å². The van der Waals surface area contributed by atoms with Gasteiger partial charge in [-0.3, -0.25) is 9.59 Å². The average molecular weight is 302 g/mol. The Kier molecular flexibility index (Phi) is 3.51. The molecular weight excluding hydrogens is 280 g/mol. The highest BCUT2D eigenvalue weighted by Gasteiger charge is 2.40. The highest BCUT2D eigenvalue weighted by Crippen LogP contribution is 2.40. The third kappa shape index (κ3) is 2.46. The van der Waals surface area contributed by atoms with E-state index in [4.69, 9.17) is 4.52 Å². The molecule has 4 rings (SSSR count). The lowest BCUT2D eigenvalue weighted by molar-refractivity contribution is -0.126. The molecule has 5 heteroatoms. The molecule has 2 saturated carbocycles. The molecule has 1 saturated heterocycles. The summed E-state index contributed by atoms with van der Waals surface area (Å²) in [5, 5.41) is 3.97. The SMILES string of the molecule is O=C1CCCC[C@@H]1[C@H]1CCCN1C(=O)c1cc(C2CC2)on1. The highest BCUT2D eigenvalue weighted by atomic mass is 16.5. The van der Waals surface area contributed by atoms with Crippen LogP contribution in [-0.2, 0) is 4.79 Å². The second-order valence-corrected chi connectivity index (χ2v) is 6.92. The number of amides is 1. The minimum absolute atomic E-state index is 0.0370. The fourth-order valence-corrected chi connectivity index (χ4v) is 3.98. The quantitative estimate of drug-likeness (QED) is 0.861. The Bertz CT molecular complexity index is 590. The van der Waals surface area contributed by atoms with E-state index in [0.29, 0.717) is 23.8 Å². The minimum atomic E-state index is -0.0588. The largest absolute Gasteiger partial charge is 0.360 e. The molecule has 0 aromatic carbocycles. The lowest BCUT2D eigenvalue weighted by atomic mass is 9.82. The van der Waals surface area contributed by atoms with Crippen LogP contribution in [0.15, 0.2) is 10.6 Å². The summed E-state index contributed by atoms with van der Waals surface area (Å²) in [4.78, 5) is 26.8. The van der Waals surface area contributed by atoms with Crippen molar-refractivity contribution >= 4 is 11.7 Å². The first-order valence-corrected chi connectivity index (χ1v) is 8.54. The van der Waals surface area contributed by atoms with Crippen molar-refractivity contribution in [3.8, 4) is 0 Å². The fraction of sp³-hybridized carbons (Fsp3) is 0.706. The second kappa shape index (κ2) is 5.52. The maximum atomic E-state index is 12.8. The van der Waals surface area contributed by atoms with Crippen LogP contribution in [0.3, 0.4) is 0 Å². The third-order valence-corrected chi connectivity index (χ3v) is 5.35. The van der Waals surface area contributed by atoms with Crippen LogP contribution in [0.1, 0.15) is 73.5 Å². The van der Waals surface area contributed by atoms with Crippen LogP contribution in [0, 0.1) is 5.92 Å². The Morgan fingerprint density at radius 3 is 2.82 bits per heavy atom. The van der Waals surface area contributed by atoms with Gasteiger partial charge in [-0.25, -0.2) is 0 Å². The van der Waals surface area contributed by atoms with E-state index in [9.17, 15) is 9.59 Å². The molecule has 1 aliphatic heterocycles. The number of aromatic nitrogens is 1. The number of carbonyl (C=O) groups is 2. The molecule has 1 aromatic heterocycles. The standard InChI is InChI=1S/C17H22N2O3/c20-15-6-2-1-4-12(15)14-5-3-9-19(14)17(21)13-10-16(22-18-13)11-7-8-11/h10-12,14H,1-9H2/t12-,14-/m1/s1. The van der Waals surface area contributed by atoms with E-state index in [1.807, 2.05) is 4.90 Å². The fourth-order valence-electron chi connectivity index (χ4n) is 3.98. The Morgan fingerprint density at radius 2 is 2.05 bits per heavy atom. The van der Waals surface area contributed by atoms with Crippen LogP contribution in [0.2, 0.25) is 0 Å². The van der Waals surface area contributed by atoms with E-state index in [1.165, 1.54) is 0 Å². The monoisotopic (exact) mass is 302 g/mol. The number of hydrogen-bond donors (Lipinski definition) is 0. The molecule has 1 aromatic rings. The van der Waals surface area contributed by atoms with Gasteiger partial charge >= 0.3 is 0 Å². The van der Waals surface area contributed by atoms with Gasteiger partial charge in [0.2, 0.25) is 0 Å². The lowest BCUT2D eigenvalue weighted by Crippen LogP contribution is -2.43. The van der Waals surface area contributed by atoms with E-state index >= 15 is 0 Å².